The highest BCUT2D eigenvalue weighted by Crippen LogP contribution is 2.23. The predicted octanol–water partition coefficient (Wildman–Crippen LogP) is 1.88. The van der Waals surface area contributed by atoms with Crippen molar-refractivity contribution < 1.29 is 32.2 Å². The molecule has 2 N–H and O–H groups in total. The maximum Gasteiger partial charge on any atom is 0.339 e. The number of methoxy groups -OCH3 is 3. The second-order valence-electron chi connectivity index (χ2n) is 5.29. The fourth-order valence-electron chi connectivity index (χ4n) is 2.19. The van der Waals surface area contributed by atoms with Crippen LogP contribution in [0.2, 0.25) is 0 Å². The van der Waals surface area contributed by atoms with E-state index < -0.39 is 21.9 Å². The van der Waals surface area contributed by atoms with Crippen LogP contribution in [-0.4, -0.2) is 41.6 Å². The lowest BCUT2D eigenvalue weighted by Gasteiger charge is -2.12. The Labute approximate surface area is 170 Å². The maximum atomic E-state index is 12.6. The average Bonchev–Trinajstić information content (AvgIpc) is 2.70. The molecule has 2 aromatic rings. The lowest BCUT2D eigenvalue weighted by molar-refractivity contribution is 0.0596. The van der Waals surface area contributed by atoms with Gasteiger partial charge < -0.3 is 14.2 Å². The molecule has 0 aliphatic carbocycles. The molecule has 9 nitrogen and oxygen atoms in total. The number of sulfonamides is 1. The Morgan fingerprint density at radius 2 is 1.57 bits per heavy atom. The molecule has 0 saturated carbocycles. The van der Waals surface area contributed by atoms with Gasteiger partial charge in [0.1, 0.15) is 11.5 Å². The van der Waals surface area contributed by atoms with Gasteiger partial charge in [-0.25, -0.2) is 13.2 Å². The number of ether oxygens (including phenoxy) is 3. The largest absolute Gasteiger partial charge is 0.497 e. The molecular weight excluding hydrogens is 456 g/mol. The van der Waals surface area contributed by atoms with Crippen LogP contribution in [-0.2, 0) is 14.8 Å². The minimum absolute atomic E-state index is 0.0999. The van der Waals surface area contributed by atoms with E-state index in [4.69, 9.17) is 9.47 Å². The van der Waals surface area contributed by atoms with Gasteiger partial charge in [-0.15, -0.1) is 4.83 Å². The van der Waals surface area contributed by atoms with Crippen LogP contribution in [0.1, 0.15) is 20.7 Å². The second-order valence-corrected chi connectivity index (χ2v) is 7.86. The fraction of sp³-hybridized carbons (Fsp3) is 0.176. The van der Waals surface area contributed by atoms with Crippen molar-refractivity contribution in [1.82, 2.24) is 10.3 Å². The summed E-state index contributed by atoms with van der Waals surface area (Å²) in [7, 11) is -0.298. The van der Waals surface area contributed by atoms with Gasteiger partial charge in [-0.05, 0) is 30.3 Å². The van der Waals surface area contributed by atoms with Crippen LogP contribution in [0.25, 0.3) is 0 Å². The summed E-state index contributed by atoms with van der Waals surface area (Å²) in [4.78, 5) is 25.8. The Kier molecular flexibility index (Phi) is 7.00. The third kappa shape index (κ3) is 5.00. The van der Waals surface area contributed by atoms with E-state index in [2.05, 4.69) is 26.1 Å². The van der Waals surface area contributed by atoms with Gasteiger partial charge in [-0.1, -0.05) is 15.9 Å². The van der Waals surface area contributed by atoms with E-state index in [0.717, 1.165) is 7.11 Å². The molecule has 2 rings (SSSR count). The Bertz CT molecular complexity index is 986. The lowest BCUT2D eigenvalue weighted by atomic mass is 10.2. The zero-order chi connectivity index (χ0) is 20.9. The lowest BCUT2D eigenvalue weighted by Crippen LogP contribution is -2.42. The summed E-state index contributed by atoms with van der Waals surface area (Å²) in [5, 5.41) is 0. The first-order valence-electron chi connectivity index (χ1n) is 7.65. The molecular formula is C17H17BrN2O7S. The second kappa shape index (κ2) is 9.04. The number of amides is 1. The first-order valence-corrected chi connectivity index (χ1v) is 9.92. The first kappa shape index (κ1) is 21.7. The number of nitrogens with one attached hydrogen (secondary N) is 2. The van der Waals surface area contributed by atoms with Crippen molar-refractivity contribution in [2.24, 2.45) is 0 Å². The van der Waals surface area contributed by atoms with Gasteiger partial charge in [0.2, 0.25) is 0 Å². The molecule has 150 valence electrons. The summed E-state index contributed by atoms with van der Waals surface area (Å²) >= 11 is 3.16. The average molecular weight is 473 g/mol. The van der Waals surface area contributed by atoms with E-state index in [1.807, 2.05) is 4.83 Å². The minimum atomic E-state index is -4.26. The number of hydrogen-bond acceptors (Lipinski definition) is 7. The third-order valence-corrected chi connectivity index (χ3v) is 5.35. The molecule has 1 amide bonds. The normalized spacial score (nSPS) is 10.9. The van der Waals surface area contributed by atoms with Gasteiger partial charge in [0.15, 0.2) is 0 Å². The van der Waals surface area contributed by atoms with Crippen LogP contribution in [0.3, 0.4) is 0 Å². The van der Waals surface area contributed by atoms with E-state index in [9.17, 15) is 18.0 Å². The van der Waals surface area contributed by atoms with Gasteiger partial charge in [0.05, 0.1) is 31.8 Å². The fourth-order valence-corrected chi connectivity index (χ4v) is 3.56. The van der Waals surface area contributed by atoms with Crippen LogP contribution < -0.4 is 19.7 Å². The molecule has 0 atom stereocenters. The van der Waals surface area contributed by atoms with Gasteiger partial charge in [0, 0.05) is 16.1 Å². The molecule has 2 aromatic carbocycles. The van der Waals surface area contributed by atoms with E-state index >= 15 is 0 Å². The summed E-state index contributed by atoms with van der Waals surface area (Å²) in [5.74, 6) is -0.885. The molecule has 0 fully saturated rings. The molecule has 0 heterocycles. The summed E-state index contributed by atoms with van der Waals surface area (Å²) in [5.41, 5.74) is 1.99. The predicted molar refractivity (Wildman–Crippen MR) is 103 cm³/mol. The summed E-state index contributed by atoms with van der Waals surface area (Å²) in [6.45, 7) is 0. The summed E-state index contributed by atoms with van der Waals surface area (Å²) < 4.78 is 40.4. The Morgan fingerprint density at radius 3 is 2.11 bits per heavy atom. The molecule has 11 heteroatoms. The molecule has 28 heavy (non-hydrogen) atoms. The van der Waals surface area contributed by atoms with E-state index in [1.165, 1.54) is 44.6 Å². The van der Waals surface area contributed by atoms with Crippen molar-refractivity contribution in [3.05, 3.63) is 52.0 Å². The number of hydrogen-bond donors (Lipinski definition) is 2. The number of carbonyl (C=O) groups is 2. The monoisotopic (exact) mass is 472 g/mol. The van der Waals surface area contributed by atoms with Crippen LogP contribution in [0, 0.1) is 0 Å². The van der Waals surface area contributed by atoms with E-state index in [1.54, 1.807) is 6.07 Å². The molecule has 0 radical (unpaired) electrons. The van der Waals surface area contributed by atoms with Crippen molar-refractivity contribution >= 4 is 37.8 Å². The Morgan fingerprint density at radius 1 is 0.964 bits per heavy atom. The quantitative estimate of drug-likeness (QED) is 0.466. The number of benzene rings is 2. The smallest absolute Gasteiger partial charge is 0.339 e. The number of rotatable bonds is 7. The van der Waals surface area contributed by atoms with E-state index in [0.29, 0.717) is 16.0 Å². The number of esters is 1. The van der Waals surface area contributed by atoms with E-state index in [-0.39, 0.29) is 16.0 Å². The van der Waals surface area contributed by atoms with Crippen LogP contribution in [0.15, 0.2) is 45.8 Å². The molecule has 0 saturated heterocycles. The topological polar surface area (TPSA) is 120 Å². The van der Waals surface area contributed by atoms with Gasteiger partial charge in [-0.3, -0.25) is 10.2 Å². The highest BCUT2D eigenvalue weighted by molar-refractivity contribution is 9.10. The van der Waals surface area contributed by atoms with Crippen molar-refractivity contribution in [2.75, 3.05) is 21.3 Å². The van der Waals surface area contributed by atoms with Crippen molar-refractivity contribution in [2.45, 2.75) is 4.90 Å². The highest BCUT2D eigenvalue weighted by Gasteiger charge is 2.24. The molecule has 0 aromatic heterocycles. The van der Waals surface area contributed by atoms with Crippen LogP contribution >= 0.6 is 15.9 Å². The highest BCUT2D eigenvalue weighted by atomic mass is 79.9. The molecule has 0 aliphatic heterocycles. The van der Waals surface area contributed by atoms with Crippen LogP contribution in [0.5, 0.6) is 11.5 Å². The SMILES string of the molecule is COC(=O)c1cc(Br)ccc1S(=O)(=O)NNC(=O)c1cc(OC)cc(OC)c1. The van der Waals surface area contributed by atoms with Crippen LogP contribution in [0.4, 0.5) is 0 Å². The molecule has 0 bridgehead atoms. The van der Waals surface area contributed by atoms with Crippen molar-refractivity contribution in [3.8, 4) is 11.5 Å². The molecule has 0 spiro atoms. The van der Waals surface area contributed by atoms with Gasteiger partial charge in [0.25, 0.3) is 15.9 Å². The molecule has 0 unspecified atom stereocenters. The van der Waals surface area contributed by atoms with Crippen molar-refractivity contribution in [3.63, 3.8) is 0 Å². The summed E-state index contributed by atoms with van der Waals surface area (Å²) in [6, 6.07) is 8.33. The number of carbonyl (C=O) groups excluding carboxylic acids is 2. The Balaban J connectivity index is 2.27. The van der Waals surface area contributed by atoms with Gasteiger partial charge >= 0.3 is 5.97 Å². The zero-order valence-corrected chi connectivity index (χ0v) is 17.5. The third-order valence-electron chi connectivity index (χ3n) is 3.55. The summed E-state index contributed by atoms with van der Waals surface area (Å²) in [6.07, 6.45) is 0. The number of halogens is 1. The standard InChI is InChI=1S/C17H17BrN2O7S/c1-25-12-6-10(7-13(9-12)26-2)16(21)19-20-28(23,24)15-5-4-11(18)8-14(15)17(22)27-3/h4-9,20H,1-3H3,(H,19,21). The number of hydrazine groups is 1. The first-order chi connectivity index (χ1) is 13.2. The van der Waals surface area contributed by atoms with Gasteiger partial charge in [-0.2, -0.15) is 0 Å². The minimum Gasteiger partial charge on any atom is -0.497 e. The Hall–Kier alpha value is -2.63. The maximum absolute atomic E-state index is 12.6. The van der Waals surface area contributed by atoms with Crippen molar-refractivity contribution in [1.29, 1.82) is 0 Å². The molecule has 0 aliphatic rings. The zero-order valence-electron chi connectivity index (χ0n) is 15.1.